The molecule has 1 aromatic heterocycles. The molecule has 26 heavy (non-hydrogen) atoms. The smallest absolute Gasteiger partial charge is 0.334 e. The number of carboxylic acids is 1. The summed E-state index contributed by atoms with van der Waals surface area (Å²) in [6, 6.07) is 6.27. The quantitative estimate of drug-likeness (QED) is 0.582. The number of nitro groups is 1. The molecular weight excluding hydrogens is 352 g/mol. The first-order chi connectivity index (χ1) is 12.3. The van der Waals surface area contributed by atoms with E-state index in [4.69, 9.17) is 0 Å². The Balaban J connectivity index is 2.23. The Labute approximate surface area is 155 Å². The molecule has 0 aliphatic carbocycles. The molecule has 136 valence electrons. The molecule has 0 saturated heterocycles. The number of anilines is 1. The fourth-order valence-electron chi connectivity index (χ4n) is 3.45. The normalized spacial score (nSPS) is 16.4. The van der Waals surface area contributed by atoms with Crippen molar-refractivity contribution in [3.63, 3.8) is 0 Å². The topological polar surface area (TPSA) is 92.5 Å². The van der Waals surface area contributed by atoms with Crippen LogP contribution in [-0.4, -0.2) is 16.0 Å². The third kappa shape index (κ3) is 3.22. The summed E-state index contributed by atoms with van der Waals surface area (Å²) in [5, 5.41) is 27.2. The highest BCUT2D eigenvalue weighted by Gasteiger charge is 2.35. The van der Waals surface area contributed by atoms with Crippen molar-refractivity contribution < 1.29 is 14.8 Å². The standard InChI is InChI=1S/C19H20N2O4S/c1-10(2)7-13-9-26-18-17(13)16(15(19(22)23)11(3)20-18)12-5-4-6-14(8-12)21(24)25/h4-6,8-10,16,20H,7H2,1-3H3,(H,22,23). The number of nitrogens with one attached hydrogen (secondary N) is 1. The third-order valence-electron chi connectivity index (χ3n) is 4.46. The fraction of sp³-hybridized carbons (Fsp3) is 0.316. The second kappa shape index (κ2) is 6.92. The van der Waals surface area contributed by atoms with Gasteiger partial charge >= 0.3 is 5.97 Å². The van der Waals surface area contributed by atoms with E-state index in [1.165, 1.54) is 12.1 Å². The van der Waals surface area contributed by atoms with Crippen LogP contribution >= 0.6 is 11.3 Å². The lowest BCUT2D eigenvalue weighted by Gasteiger charge is -2.28. The van der Waals surface area contributed by atoms with Crippen molar-refractivity contribution in [2.45, 2.75) is 33.1 Å². The zero-order valence-electron chi connectivity index (χ0n) is 14.8. The van der Waals surface area contributed by atoms with Crippen LogP contribution in [0.25, 0.3) is 0 Å². The van der Waals surface area contributed by atoms with Crippen LogP contribution in [0.15, 0.2) is 40.9 Å². The Hall–Kier alpha value is -2.67. The lowest BCUT2D eigenvalue weighted by atomic mass is 9.80. The van der Waals surface area contributed by atoms with Crippen molar-refractivity contribution >= 4 is 28.0 Å². The van der Waals surface area contributed by atoms with Crippen molar-refractivity contribution in [2.75, 3.05) is 5.32 Å². The monoisotopic (exact) mass is 372 g/mol. The zero-order valence-corrected chi connectivity index (χ0v) is 15.6. The van der Waals surface area contributed by atoms with E-state index >= 15 is 0 Å². The summed E-state index contributed by atoms with van der Waals surface area (Å²) < 4.78 is 0. The van der Waals surface area contributed by atoms with E-state index < -0.39 is 16.8 Å². The first-order valence-corrected chi connectivity index (χ1v) is 9.23. The Morgan fingerprint density at radius 3 is 2.77 bits per heavy atom. The molecule has 2 N–H and O–H groups in total. The van der Waals surface area contributed by atoms with Gasteiger partial charge in [-0.25, -0.2) is 4.79 Å². The van der Waals surface area contributed by atoms with Gasteiger partial charge in [0.2, 0.25) is 0 Å². The van der Waals surface area contributed by atoms with Gasteiger partial charge in [-0.1, -0.05) is 26.0 Å². The van der Waals surface area contributed by atoms with Crippen molar-refractivity contribution in [2.24, 2.45) is 5.92 Å². The second-order valence-electron chi connectivity index (χ2n) is 6.86. The number of nitrogens with zero attached hydrogens (tertiary/aromatic N) is 1. The van der Waals surface area contributed by atoms with Gasteiger partial charge in [-0.15, -0.1) is 11.3 Å². The van der Waals surface area contributed by atoms with Gasteiger partial charge in [-0.05, 0) is 35.8 Å². The Bertz CT molecular complexity index is 914. The number of non-ortho nitro benzene ring substituents is 1. The highest BCUT2D eigenvalue weighted by molar-refractivity contribution is 7.14. The summed E-state index contributed by atoms with van der Waals surface area (Å²) in [4.78, 5) is 22.7. The number of carboxylic acid groups (broad SMARTS) is 1. The van der Waals surface area contributed by atoms with Gasteiger partial charge in [-0.3, -0.25) is 10.1 Å². The van der Waals surface area contributed by atoms with E-state index in [1.807, 2.05) is 0 Å². The maximum Gasteiger partial charge on any atom is 0.334 e. The lowest BCUT2D eigenvalue weighted by Crippen LogP contribution is -2.22. The summed E-state index contributed by atoms with van der Waals surface area (Å²) in [6.45, 7) is 5.96. The minimum atomic E-state index is -1.01. The lowest BCUT2D eigenvalue weighted by molar-refractivity contribution is -0.384. The number of hydrogen-bond donors (Lipinski definition) is 2. The van der Waals surface area contributed by atoms with Crippen LogP contribution < -0.4 is 5.32 Å². The van der Waals surface area contributed by atoms with Gasteiger partial charge in [0.15, 0.2) is 0 Å². The van der Waals surface area contributed by atoms with Gasteiger partial charge in [0, 0.05) is 29.3 Å². The van der Waals surface area contributed by atoms with Crippen molar-refractivity contribution in [1.29, 1.82) is 0 Å². The highest BCUT2D eigenvalue weighted by atomic mass is 32.1. The SMILES string of the molecule is CC1=C(C(=O)O)C(c2cccc([N+](=O)[O-])c2)c2c(CC(C)C)csc2N1. The fourth-order valence-corrected chi connectivity index (χ4v) is 4.52. The minimum absolute atomic E-state index is 0.0365. The molecular formula is C19H20N2O4S. The molecule has 1 aromatic carbocycles. The molecule has 1 aliphatic heterocycles. The molecule has 6 nitrogen and oxygen atoms in total. The number of carbonyl (C=O) groups is 1. The Morgan fingerprint density at radius 1 is 1.42 bits per heavy atom. The van der Waals surface area contributed by atoms with Gasteiger partial charge in [0.25, 0.3) is 5.69 Å². The summed E-state index contributed by atoms with van der Waals surface area (Å²) in [7, 11) is 0. The summed E-state index contributed by atoms with van der Waals surface area (Å²) in [5.41, 5.74) is 3.41. The average molecular weight is 372 g/mol. The predicted octanol–water partition coefficient (Wildman–Crippen LogP) is 4.77. The molecule has 2 aromatic rings. The molecule has 7 heteroatoms. The number of aliphatic carboxylic acids is 1. The molecule has 0 saturated carbocycles. The molecule has 0 bridgehead atoms. The molecule has 1 unspecified atom stereocenters. The van der Waals surface area contributed by atoms with Gasteiger partial charge in [-0.2, -0.15) is 0 Å². The summed E-state index contributed by atoms with van der Waals surface area (Å²) in [6.07, 6.45) is 0.824. The first kappa shape index (κ1) is 18.1. The average Bonchev–Trinajstić information content (AvgIpc) is 2.95. The van der Waals surface area contributed by atoms with E-state index in [1.54, 1.807) is 30.4 Å². The van der Waals surface area contributed by atoms with Crippen LogP contribution in [0.2, 0.25) is 0 Å². The molecule has 0 radical (unpaired) electrons. The summed E-state index contributed by atoms with van der Waals surface area (Å²) >= 11 is 1.55. The van der Waals surface area contributed by atoms with E-state index in [2.05, 4.69) is 24.5 Å². The van der Waals surface area contributed by atoms with Gasteiger partial charge in [0.05, 0.1) is 15.5 Å². The number of hydrogen-bond acceptors (Lipinski definition) is 5. The highest BCUT2D eigenvalue weighted by Crippen LogP contribution is 2.47. The molecule has 1 atom stereocenters. The van der Waals surface area contributed by atoms with E-state index in [0.29, 0.717) is 17.2 Å². The van der Waals surface area contributed by atoms with E-state index in [9.17, 15) is 20.0 Å². The van der Waals surface area contributed by atoms with Crippen LogP contribution in [0.1, 0.15) is 43.4 Å². The Morgan fingerprint density at radius 2 is 2.15 bits per heavy atom. The molecule has 0 fully saturated rings. The van der Waals surface area contributed by atoms with Crippen molar-refractivity contribution in [3.8, 4) is 0 Å². The molecule has 1 aliphatic rings. The van der Waals surface area contributed by atoms with Crippen molar-refractivity contribution in [1.82, 2.24) is 0 Å². The Kier molecular flexibility index (Phi) is 4.82. The molecule has 0 amide bonds. The van der Waals surface area contributed by atoms with Crippen LogP contribution in [-0.2, 0) is 11.2 Å². The van der Waals surface area contributed by atoms with E-state index in [0.717, 1.165) is 22.5 Å². The largest absolute Gasteiger partial charge is 0.478 e. The number of allylic oxidation sites excluding steroid dienone is 1. The number of benzene rings is 1. The van der Waals surface area contributed by atoms with Crippen molar-refractivity contribution in [3.05, 3.63) is 67.7 Å². The number of rotatable bonds is 5. The molecule has 2 heterocycles. The van der Waals surface area contributed by atoms with Crippen LogP contribution in [0, 0.1) is 16.0 Å². The minimum Gasteiger partial charge on any atom is -0.478 e. The number of thiophene rings is 1. The van der Waals surface area contributed by atoms with Gasteiger partial charge < -0.3 is 10.4 Å². The van der Waals surface area contributed by atoms with Gasteiger partial charge in [0.1, 0.15) is 0 Å². The zero-order chi connectivity index (χ0) is 19.0. The number of nitro benzene ring substituents is 1. The molecule has 3 rings (SSSR count). The second-order valence-corrected chi connectivity index (χ2v) is 7.74. The van der Waals surface area contributed by atoms with Crippen LogP contribution in [0.3, 0.4) is 0 Å². The van der Waals surface area contributed by atoms with Crippen LogP contribution in [0.5, 0.6) is 0 Å². The maximum absolute atomic E-state index is 12.0. The van der Waals surface area contributed by atoms with Crippen LogP contribution in [0.4, 0.5) is 10.7 Å². The maximum atomic E-state index is 12.0. The molecule has 0 spiro atoms. The number of fused-ring (bicyclic) bond motifs is 1. The first-order valence-electron chi connectivity index (χ1n) is 8.35. The third-order valence-corrected chi connectivity index (χ3v) is 5.42. The summed E-state index contributed by atoms with van der Waals surface area (Å²) in [5.74, 6) is -1.12. The van der Waals surface area contributed by atoms with E-state index in [-0.39, 0.29) is 11.3 Å². The predicted molar refractivity (Wildman–Crippen MR) is 102 cm³/mol.